The summed E-state index contributed by atoms with van der Waals surface area (Å²) in [7, 11) is 0. The number of hydrogen-bond donors (Lipinski definition) is 2. The van der Waals surface area contributed by atoms with Crippen molar-refractivity contribution in [3.63, 3.8) is 0 Å². The van der Waals surface area contributed by atoms with E-state index in [-0.39, 0.29) is 30.3 Å². The molecule has 0 bridgehead atoms. The Bertz CT molecular complexity index is 959. The molecule has 0 spiro atoms. The van der Waals surface area contributed by atoms with Gasteiger partial charge < -0.3 is 25.0 Å². The largest absolute Gasteiger partial charge is 0.490 e. The molecule has 2 heterocycles. The van der Waals surface area contributed by atoms with E-state index in [9.17, 15) is 14.4 Å². The minimum atomic E-state index is -0.356. The topological polar surface area (TPSA) is 110 Å². The molecule has 1 aliphatic rings. The van der Waals surface area contributed by atoms with Crippen LogP contribution in [0.2, 0.25) is 0 Å². The van der Waals surface area contributed by atoms with Crippen LogP contribution >= 0.6 is 0 Å². The number of ether oxygens (including phenoxy) is 2. The molecule has 176 valence electrons. The molecule has 0 aliphatic carbocycles. The predicted octanol–water partition coefficient (Wildman–Crippen LogP) is 2.03. The van der Waals surface area contributed by atoms with Gasteiger partial charge in [0, 0.05) is 37.1 Å². The molecule has 3 rings (SSSR count). The molecule has 0 atom stereocenters. The summed E-state index contributed by atoms with van der Waals surface area (Å²) in [5, 5.41) is 5.67. The van der Waals surface area contributed by atoms with Gasteiger partial charge in [-0.15, -0.1) is 0 Å². The molecule has 2 N–H and O–H groups in total. The molecule has 0 saturated carbocycles. The summed E-state index contributed by atoms with van der Waals surface area (Å²) >= 11 is 0. The first-order valence-corrected chi connectivity index (χ1v) is 11.2. The van der Waals surface area contributed by atoms with Crippen molar-refractivity contribution in [2.75, 3.05) is 32.8 Å². The minimum Gasteiger partial charge on any atom is -0.490 e. The smallest absolute Gasteiger partial charge is 0.253 e. The Kier molecular flexibility index (Phi) is 8.63. The molecule has 1 aromatic carbocycles. The maximum absolute atomic E-state index is 12.6. The Morgan fingerprint density at radius 1 is 1.00 bits per heavy atom. The van der Waals surface area contributed by atoms with Crippen molar-refractivity contribution in [3.8, 4) is 11.5 Å². The minimum absolute atomic E-state index is 0.00260. The van der Waals surface area contributed by atoms with Crippen LogP contribution in [-0.2, 0) is 4.79 Å². The molecular formula is C24H30N4O5. The summed E-state index contributed by atoms with van der Waals surface area (Å²) in [6.45, 7) is 5.61. The van der Waals surface area contributed by atoms with Gasteiger partial charge in [0.15, 0.2) is 11.5 Å². The van der Waals surface area contributed by atoms with Crippen LogP contribution in [0.1, 0.15) is 47.4 Å². The number of piperidine rings is 1. The van der Waals surface area contributed by atoms with Crippen molar-refractivity contribution < 1.29 is 23.9 Å². The van der Waals surface area contributed by atoms with E-state index in [0.717, 1.165) is 0 Å². The van der Waals surface area contributed by atoms with Crippen molar-refractivity contribution in [1.29, 1.82) is 0 Å². The first-order chi connectivity index (χ1) is 16.0. The lowest BCUT2D eigenvalue weighted by Crippen LogP contribution is -2.49. The molecule has 1 aromatic heterocycles. The number of aromatic nitrogens is 1. The number of carbonyl (C=O) groups is 3. The van der Waals surface area contributed by atoms with Gasteiger partial charge in [-0.25, -0.2) is 0 Å². The highest BCUT2D eigenvalue weighted by Gasteiger charge is 2.24. The molecule has 9 nitrogen and oxygen atoms in total. The average Bonchev–Trinajstić information content (AvgIpc) is 2.84. The number of nitrogens with one attached hydrogen (secondary N) is 2. The molecule has 2 aromatic rings. The van der Waals surface area contributed by atoms with Gasteiger partial charge in [-0.2, -0.15) is 0 Å². The fourth-order valence-electron chi connectivity index (χ4n) is 3.60. The van der Waals surface area contributed by atoms with E-state index in [1.807, 2.05) is 13.8 Å². The van der Waals surface area contributed by atoms with Gasteiger partial charge in [-0.05, 0) is 57.0 Å². The second-order valence-corrected chi connectivity index (χ2v) is 7.58. The van der Waals surface area contributed by atoms with E-state index in [1.54, 1.807) is 41.4 Å². The van der Waals surface area contributed by atoms with E-state index in [0.29, 0.717) is 61.8 Å². The maximum Gasteiger partial charge on any atom is 0.253 e. The second kappa shape index (κ2) is 11.8. The first kappa shape index (κ1) is 24.0. The second-order valence-electron chi connectivity index (χ2n) is 7.58. The molecule has 3 amide bonds. The highest BCUT2D eigenvalue weighted by molar-refractivity contribution is 5.97. The Morgan fingerprint density at radius 3 is 2.39 bits per heavy atom. The van der Waals surface area contributed by atoms with E-state index >= 15 is 0 Å². The molecule has 1 fully saturated rings. The van der Waals surface area contributed by atoms with Crippen LogP contribution < -0.4 is 20.1 Å². The van der Waals surface area contributed by atoms with Gasteiger partial charge in [0.05, 0.1) is 25.3 Å². The van der Waals surface area contributed by atoms with Crippen LogP contribution in [0.5, 0.6) is 11.5 Å². The van der Waals surface area contributed by atoms with Gasteiger partial charge >= 0.3 is 0 Å². The maximum atomic E-state index is 12.6. The Labute approximate surface area is 193 Å². The number of carbonyl (C=O) groups excluding carboxylic acids is 3. The lowest BCUT2D eigenvalue weighted by molar-refractivity contribution is -0.131. The quantitative estimate of drug-likeness (QED) is 0.600. The van der Waals surface area contributed by atoms with Gasteiger partial charge in [0.1, 0.15) is 0 Å². The van der Waals surface area contributed by atoms with Crippen molar-refractivity contribution in [2.45, 2.75) is 32.7 Å². The zero-order valence-electron chi connectivity index (χ0n) is 19.0. The standard InChI is InChI=1S/C24H30N4O5/c1-3-32-20-8-7-17(14-21(20)33-4-2)23(30)26-16-22(29)28-12-9-19(10-13-28)27-24(31)18-6-5-11-25-15-18/h5-8,11,14-15,19H,3-4,9-10,12-13,16H2,1-2H3,(H,26,30)(H,27,31). The number of pyridine rings is 1. The van der Waals surface area contributed by atoms with Gasteiger partial charge in [0.25, 0.3) is 11.8 Å². The van der Waals surface area contributed by atoms with Crippen LogP contribution in [0.15, 0.2) is 42.7 Å². The van der Waals surface area contributed by atoms with E-state index in [2.05, 4.69) is 15.6 Å². The zero-order valence-corrected chi connectivity index (χ0v) is 19.0. The molecule has 0 unspecified atom stereocenters. The number of hydrogen-bond acceptors (Lipinski definition) is 6. The third-order valence-corrected chi connectivity index (χ3v) is 5.31. The molecule has 9 heteroatoms. The van der Waals surface area contributed by atoms with Crippen LogP contribution in [0, 0.1) is 0 Å². The summed E-state index contributed by atoms with van der Waals surface area (Å²) in [4.78, 5) is 43.0. The summed E-state index contributed by atoms with van der Waals surface area (Å²) in [6, 6.07) is 8.38. The van der Waals surface area contributed by atoms with Crippen LogP contribution in [-0.4, -0.2) is 66.5 Å². The van der Waals surface area contributed by atoms with Crippen LogP contribution in [0.25, 0.3) is 0 Å². The number of likely N-dealkylation sites (tertiary alicyclic amines) is 1. The summed E-state index contributed by atoms with van der Waals surface area (Å²) in [6.07, 6.45) is 4.45. The van der Waals surface area contributed by atoms with E-state index in [1.165, 1.54) is 6.20 Å². The highest BCUT2D eigenvalue weighted by atomic mass is 16.5. The molecule has 0 radical (unpaired) electrons. The predicted molar refractivity (Wildman–Crippen MR) is 122 cm³/mol. The van der Waals surface area contributed by atoms with Crippen molar-refractivity contribution in [1.82, 2.24) is 20.5 Å². The average molecular weight is 455 g/mol. The van der Waals surface area contributed by atoms with Crippen molar-refractivity contribution in [2.24, 2.45) is 0 Å². The highest BCUT2D eigenvalue weighted by Crippen LogP contribution is 2.28. The van der Waals surface area contributed by atoms with E-state index < -0.39 is 0 Å². The Hall–Kier alpha value is -3.62. The number of benzene rings is 1. The first-order valence-electron chi connectivity index (χ1n) is 11.2. The summed E-state index contributed by atoms with van der Waals surface area (Å²) in [5.74, 6) is 0.392. The Morgan fingerprint density at radius 2 is 1.73 bits per heavy atom. The molecular weight excluding hydrogens is 424 g/mol. The lowest BCUT2D eigenvalue weighted by atomic mass is 10.0. The SMILES string of the molecule is CCOc1ccc(C(=O)NCC(=O)N2CCC(NC(=O)c3cccnc3)CC2)cc1OCC. The number of nitrogens with zero attached hydrogens (tertiary/aromatic N) is 2. The fraction of sp³-hybridized carbons (Fsp3) is 0.417. The number of amides is 3. The monoisotopic (exact) mass is 454 g/mol. The molecule has 1 aliphatic heterocycles. The fourth-order valence-corrected chi connectivity index (χ4v) is 3.60. The normalized spacial score (nSPS) is 13.8. The van der Waals surface area contributed by atoms with Crippen LogP contribution in [0.4, 0.5) is 0 Å². The third-order valence-electron chi connectivity index (χ3n) is 5.31. The van der Waals surface area contributed by atoms with Crippen LogP contribution in [0.3, 0.4) is 0 Å². The molecule has 1 saturated heterocycles. The van der Waals surface area contributed by atoms with Crippen molar-refractivity contribution in [3.05, 3.63) is 53.9 Å². The lowest BCUT2D eigenvalue weighted by Gasteiger charge is -2.32. The summed E-state index contributed by atoms with van der Waals surface area (Å²) < 4.78 is 11.1. The third kappa shape index (κ3) is 6.68. The summed E-state index contributed by atoms with van der Waals surface area (Å²) in [5.41, 5.74) is 0.909. The van der Waals surface area contributed by atoms with Crippen molar-refractivity contribution >= 4 is 17.7 Å². The Balaban J connectivity index is 1.46. The van der Waals surface area contributed by atoms with Gasteiger partial charge in [0.2, 0.25) is 5.91 Å². The zero-order chi connectivity index (χ0) is 23.6. The van der Waals surface area contributed by atoms with Gasteiger partial charge in [-0.3, -0.25) is 19.4 Å². The number of rotatable bonds is 9. The molecule has 33 heavy (non-hydrogen) atoms. The van der Waals surface area contributed by atoms with E-state index in [4.69, 9.17) is 9.47 Å². The van der Waals surface area contributed by atoms with Gasteiger partial charge in [-0.1, -0.05) is 0 Å².